The molecule has 0 fully saturated rings. The minimum Gasteiger partial charge on any atom is -0.495 e. The van der Waals surface area contributed by atoms with Crippen molar-refractivity contribution in [3.8, 4) is 5.75 Å². The summed E-state index contributed by atoms with van der Waals surface area (Å²) in [7, 11) is 3.85. The van der Waals surface area contributed by atoms with Crippen molar-refractivity contribution in [1.29, 1.82) is 0 Å². The smallest absolute Gasteiger partial charge is 0.142 e. The number of benzene rings is 1. The monoisotopic (exact) mass is 278 g/mol. The van der Waals surface area contributed by atoms with Gasteiger partial charge in [-0.05, 0) is 30.5 Å². The van der Waals surface area contributed by atoms with Crippen molar-refractivity contribution >= 4 is 5.69 Å². The molecule has 0 aromatic heterocycles. The summed E-state index contributed by atoms with van der Waals surface area (Å²) in [6.45, 7) is 11.1. The highest BCUT2D eigenvalue weighted by atomic mass is 16.5. The molecule has 0 aliphatic heterocycles. The molecule has 0 amide bonds. The molecule has 0 saturated heterocycles. The first-order valence-electron chi connectivity index (χ1n) is 7.47. The van der Waals surface area contributed by atoms with Crippen molar-refractivity contribution in [2.75, 3.05) is 32.1 Å². The maximum absolute atomic E-state index is 5.45. The Morgan fingerprint density at radius 1 is 1.25 bits per heavy atom. The van der Waals surface area contributed by atoms with Gasteiger partial charge in [-0.3, -0.25) is 0 Å². The van der Waals surface area contributed by atoms with Crippen LogP contribution in [0, 0.1) is 5.41 Å². The predicted molar refractivity (Wildman–Crippen MR) is 87.8 cm³/mol. The van der Waals surface area contributed by atoms with Crippen molar-refractivity contribution in [3.05, 3.63) is 24.3 Å². The Balaban J connectivity index is 2.82. The molecular weight excluding hydrogens is 248 g/mol. The average molecular weight is 278 g/mol. The van der Waals surface area contributed by atoms with Gasteiger partial charge in [-0.1, -0.05) is 39.8 Å². The zero-order valence-electron chi connectivity index (χ0n) is 13.9. The lowest BCUT2D eigenvalue weighted by molar-refractivity contribution is 0.271. The fourth-order valence-corrected chi connectivity index (χ4v) is 2.28. The largest absolute Gasteiger partial charge is 0.495 e. The van der Waals surface area contributed by atoms with Crippen LogP contribution in [0.1, 0.15) is 34.1 Å². The number of ether oxygens (including phenoxy) is 1. The van der Waals surface area contributed by atoms with Gasteiger partial charge in [0, 0.05) is 19.6 Å². The Bertz CT molecular complexity index is 398. The van der Waals surface area contributed by atoms with Gasteiger partial charge in [0.05, 0.1) is 12.8 Å². The van der Waals surface area contributed by atoms with E-state index in [1.54, 1.807) is 7.11 Å². The molecule has 3 nitrogen and oxygen atoms in total. The summed E-state index contributed by atoms with van der Waals surface area (Å²) in [4.78, 5) is 2.28. The van der Waals surface area contributed by atoms with E-state index >= 15 is 0 Å². The van der Waals surface area contributed by atoms with Crippen molar-refractivity contribution in [2.24, 2.45) is 5.41 Å². The number of rotatable bonds is 7. The van der Waals surface area contributed by atoms with Crippen molar-refractivity contribution in [3.63, 3.8) is 0 Å². The molecule has 0 saturated carbocycles. The van der Waals surface area contributed by atoms with Crippen LogP contribution in [-0.4, -0.2) is 33.3 Å². The summed E-state index contributed by atoms with van der Waals surface area (Å²) in [5, 5.41) is 3.67. The minimum atomic E-state index is 0.228. The molecule has 1 unspecified atom stereocenters. The standard InChI is InChI=1S/C17H30N2O/c1-7-12-18-16(17(2,3)4)13-19(5)14-10-8-9-11-15(14)20-6/h8-11,16,18H,7,12-13H2,1-6H3. The van der Waals surface area contributed by atoms with Gasteiger partial charge in [0.1, 0.15) is 5.75 Å². The zero-order chi connectivity index (χ0) is 15.2. The number of anilines is 1. The molecule has 1 aromatic rings. The SMILES string of the molecule is CCCNC(CN(C)c1ccccc1OC)C(C)(C)C. The first-order chi connectivity index (χ1) is 9.40. The fraction of sp³-hybridized carbons (Fsp3) is 0.647. The first kappa shape index (κ1) is 16.8. The number of hydrogen-bond acceptors (Lipinski definition) is 3. The molecule has 1 rings (SSSR count). The summed E-state index contributed by atoms with van der Waals surface area (Å²) < 4.78 is 5.45. The Morgan fingerprint density at radius 2 is 1.90 bits per heavy atom. The normalized spacial score (nSPS) is 13.1. The maximum atomic E-state index is 5.45. The number of para-hydroxylation sites is 2. The Kier molecular flexibility index (Phi) is 6.34. The number of nitrogens with zero attached hydrogens (tertiary/aromatic N) is 1. The van der Waals surface area contributed by atoms with Crippen LogP contribution in [0.2, 0.25) is 0 Å². The van der Waals surface area contributed by atoms with Crippen LogP contribution in [0.5, 0.6) is 5.75 Å². The van der Waals surface area contributed by atoms with Gasteiger partial charge in [-0.15, -0.1) is 0 Å². The third kappa shape index (κ3) is 4.71. The van der Waals surface area contributed by atoms with Crippen LogP contribution in [0.3, 0.4) is 0 Å². The van der Waals surface area contributed by atoms with Gasteiger partial charge in [0.2, 0.25) is 0 Å². The molecule has 0 aliphatic rings. The van der Waals surface area contributed by atoms with E-state index in [-0.39, 0.29) is 5.41 Å². The highest BCUT2D eigenvalue weighted by Gasteiger charge is 2.25. The van der Waals surface area contributed by atoms with Crippen molar-refractivity contribution < 1.29 is 4.74 Å². The Hall–Kier alpha value is -1.22. The second kappa shape index (κ2) is 7.53. The predicted octanol–water partition coefficient (Wildman–Crippen LogP) is 3.55. The molecule has 0 aliphatic carbocycles. The van der Waals surface area contributed by atoms with Gasteiger partial charge in [-0.25, -0.2) is 0 Å². The molecule has 1 aromatic carbocycles. The lowest BCUT2D eigenvalue weighted by Crippen LogP contribution is -2.48. The van der Waals surface area contributed by atoms with E-state index in [0.717, 1.165) is 30.9 Å². The second-order valence-electron chi connectivity index (χ2n) is 6.43. The molecule has 1 atom stereocenters. The third-order valence-electron chi connectivity index (χ3n) is 3.64. The van der Waals surface area contributed by atoms with Crippen LogP contribution in [0.25, 0.3) is 0 Å². The van der Waals surface area contributed by atoms with E-state index in [1.807, 2.05) is 12.1 Å². The molecule has 0 spiro atoms. The lowest BCUT2D eigenvalue weighted by atomic mass is 9.86. The summed E-state index contributed by atoms with van der Waals surface area (Å²) in [5.74, 6) is 0.929. The van der Waals surface area contributed by atoms with Crippen LogP contribution in [0.15, 0.2) is 24.3 Å². The Labute approximate surface area is 124 Å². The van der Waals surface area contributed by atoms with Crippen LogP contribution < -0.4 is 15.0 Å². The van der Waals surface area contributed by atoms with Crippen molar-refractivity contribution in [2.45, 2.75) is 40.2 Å². The number of likely N-dealkylation sites (N-methyl/N-ethyl adjacent to an activating group) is 1. The van der Waals surface area contributed by atoms with E-state index in [1.165, 1.54) is 0 Å². The van der Waals surface area contributed by atoms with Gasteiger partial charge in [-0.2, -0.15) is 0 Å². The fourth-order valence-electron chi connectivity index (χ4n) is 2.28. The number of methoxy groups -OCH3 is 1. The molecule has 3 heteroatoms. The van der Waals surface area contributed by atoms with Crippen LogP contribution in [0.4, 0.5) is 5.69 Å². The van der Waals surface area contributed by atoms with E-state index in [0.29, 0.717) is 6.04 Å². The first-order valence-corrected chi connectivity index (χ1v) is 7.47. The number of nitrogens with one attached hydrogen (secondary N) is 1. The van der Waals surface area contributed by atoms with Crippen molar-refractivity contribution in [1.82, 2.24) is 5.32 Å². The zero-order valence-corrected chi connectivity index (χ0v) is 13.9. The van der Waals surface area contributed by atoms with Gasteiger partial charge >= 0.3 is 0 Å². The molecule has 0 heterocycles. The second-order valence-corrected chi connectivity index (χ2v) is 6.43. The van der Waals surface area contributed by atoms with Gasteiger partial charge in [0.25, 0.3) is 0 Å². The quantitative estimate of drug-likeness (QED) is 0.825. The van der Waals surface area contributed by atoms with Gasteiger partial charge in [0.15, 0.2) is 0 Å². The Morgan fingerprint density at radius 3 is 2.45 bits per heavy atom. The minimum absolute atomic E-state index is 0.228. The highest BCUT2D eigenvalue weighted by Crippen LogP contribution is 2.28. The van der Waals surface area contributed by atoms with E-state index in [4.69, 9.17) is 4.74 Å². The summed E-state index contributed by atoms with van der Waals surface area (Å²) >= 11 is 0. The van der Waals surface area contributed by atoms with E-state index in [9.17, 15) is 0 Å². The summed E-state index contributed by atoms with van der Waals surface area (Å²) in [6, 6.07) is 8.62. The average Bonchev–Trinajstić information content (AvgIpc) is 2.41. The molecule has 0 bridgehead atoms. The summed E-state index contributed by atoms with van der Waals surface area (Å²) in [6.07, 6.45) is 1.16. The highest BCUT2D eigenvalue weighted by molar-refractivity contribution is 5.57. The maximum Gasteiger partial charge on any atom is 0.142 e. The molecule has 114 valence electrons. The lowest BCUT2D eigenvalue weighted by Gasteiger charge is -2.36. The van der Waals surface area contributed by atoms with E-state index < -0.39 is 0 Å². The van der Waals surface area contributed by atoms with Gasteiger partial charge < -0.3 is 15.0 Å². The summed E-state index contributed by atoms with van der Waals surface area (Å²) in [5.41, 5.74) is 1.37. The van der Waals surface area contributed by atoms with Crippen LogP contribution in [-0.2, 0) is 0 Å². The topological polar surface area (TPSA) is 24.5 Å². The number of hydrogen-bond donors (Lipinski definition) is 1. The van der Waals surface area contributed by atoms with Crippen LogP contribution >= 0.6 is 0 Å². The molecule has 1 N–H and O–H groups in total. The van der Waals surface area contributed by atoms with E-state index in [2.05, 4.69) is 57.1 Å². The molecule has 20 heavy (non-hydrogen) atoms. The third-order valence-corrected chi connectivity index (χ3v) is 3.64. The molecular formula is C17H30N2O. The molecule has 0 radical (unpaired) electrons.